The molecule has 2 aromatic carbocycles. The summed E-state index contributed by atoms with van der Waals surface area (Å²) >= 11 is 0. The third-order valence-corrected chi connectivity index (χ3v) is 6.21. The summed E-state index contributed by atoms with van der Waals surface area (Å²) in [7, 11) is 0. The summed E-state index contributed by atoms with van der Waals surface area (Å²) < 4.78 is 0. The standard InChI is InChI=1S/C25H31N3O2/c29-24(19-13-15-21(16-14-19)28-17-7-2-8-18-28)27-23-12-6-5-11-22(23)25(30)26-20-9-3-1-4-10-20/h5-6,11-16,20H,1-4,7-10,17-18H2,(H,26,30)(H,27,29). The normalized spacial score (nSPS) is 17.4. The van der Waals surface area contributed by atoms with E-state index in [1.54, 1.807) is 12.1 Å². The molecule has 0 unspecified atom stereocenters. The first-order chi connectivity index (χ1) is 14.7. The highest BCUT2D eigenvalue weighted by Gasteiger charge is 2.19. The zero-order valence-electron chi connectivity index (χ0n) is 17.5. The summed E-state index contributed by atoms with van der Waals surface area (Å²) in [5.41, 5.74) is 2.83. The lowest BCUT2D eigenvalue weighted by molar-refractivity contribution is 0.0928. The summed E-state index contributed by atoms with van der Waals surface area (Å²) in [6.45, 7) is 2.16. The lowest BCUT2D eigenvalue weighted by Crippen LogP contribution is -2.36. The Bertz CT molecular complexity index is 866. The van der Waals surface area contributed by atoms with E-state index >= 15 is 0 Å². The quantitative estimate of drug-likeness (QED) is 0.736. The minimum atomic E-state index is -0.196. The van der Waals surface area contributed by atoms with Crippen molar-refractivity contribution in [2.75, 3.05) is 23.3 Å². The predicted molar refractivity (Wildman–Crippen MR) is 121 cm³/mol. The maximum Gasteiger partial charge on any atom is 0.255 e. The lowest BCUT2D eigenvalue weighted by atomic mass is 9.95. The van der Waals surface area contributed by atoms with Crippen molar-refractivity contribution in [2.24, 2.45) is 0 Å². The molecule has 5 heteroatoms. The van der Waals surface area contributed by atoms with Gasteiger partial charge in [-0.25, -0.2) is 0 Å². The fraction of sp³-hybridized carbons (Fsp3) is 0.440. The number of rotatable bonds is 5. The molecule has 5 nitrogen and oxygen atoms in total. The van der Waals surface area contributed by atoms with E-state index in [0.717, 1.165) is 38.8 Å². The monoisotopic (exact) mass is 405 g/mol. The molecular weight excluding hydrogens is 374 g/mol. The van der Waals surface area contributed by atoms with Crippen LogP contribution in [-0.2, 0) is 0 Å². The van der Waals surface area contributed by atoms with Gasteiger partial charge in [0, 0.05) is 30.4 Å². The number of anilines is 2. The molecule has 0 spiro atoms. The van der Waals surface area contributed by atoms with Crippen molar-refractivity contribution in [3.8, 4) is 0 Å². The number of nitrogens with one attached hydrogen (secondary N) is 2. The van der Waals surface area contributed by atoms with Crippen LogP contribution in [0.4, 0.5) is 11.4 Å². The van der Waals surface area contributed by atoms with E-state index in [1.165, 1.54) is 31.4 Å². The van der Waals surface area contributed by atoms with Crippen molar-refractivity contribution in [3.63, 3.8) is 0 Å². The molecule has 2 aromatic rings. The largest absolute Gasteiger partial charge is 0.372 e. The van der Waals surface area contributed by atoms with E-state index in [2.05, 4.69) is 15.5 Å². The number of piperidine rings is 1. The van der Waals surface area contributed by atoms with E-state index in [-0.39, 0.29) is 17.9 Å². The van der Waals surface area contributed by atoms with E-state index in [0.29, 0.717) is 16.8 Å². The van der Waals surface area contributed by atoms with Gasteiger partial charge in [-0.15, -0.1) is 0 Å². The molecule has 1 saturated heterocycles. The molecule has 0 bridgehead atoms. The molecule has 1 aliphatic heterocycles. The summed E-state index contributed by atoms with van der Waals surface area (Å²) in [5.74, 6) is -0.309. The number of para-hydroxylation sites is 1. The molecule has 30 heavy (non-hydrogen) atoms. The lowest BCUT2D eigenvalue weighted by Gasteiger charge is -2.28. The summed E-state index contributed by atoms with van der Waals surface area (Å²) in [4.78, 5) is 28.0. The Balaban J connectivity index is 1.42. The Hall–Kier alpha value is -2.82. The first kappa shape index (κ1) is 20.5. The van der Waals surface area contributed by atoms with Crippen LogP contribution in [0.3, 0.4) is 0 Å². The van der Waals surface area contributed by atoms with Gasteiger partial charge in [-0.2, -0.15) is 0 Å². The van der Waals surface area contributed by atoms with Gasteiger partial charge >= 0.3 is 0 Å². The van der Waals surface area contributed by atoms with E-state index in [9.17, 15) is 9.59 Å². The van der Waals surface area contributed by atoms with Crippen LogP contribution in [0.5, 0.6) is 0 Å². The highest BCUT2D eigenvalue weighted by atomic mass is 16.2. The summed E-state index contributed by atoms with van der Waals surface area (Å²) in [6.07, 6.45) is 9.38. The molecule has 4 rings (SSSR count). The van der Waals surface area contributed by atoms with Crippen LogP contribution >= 0.6 is 0 Å². The van der Waals surface area contributed by atoms with Crippen LogP contribution < -0.4 is 15.5 Å². The Labute approximate surface area is 178 Å². The zero-order chi connectivity index (χ0) is 20.8. The first-order valence-corrected chi connectivity index (χ1v) is 11.3. The van der Waals surface area contributed by atoms with Gasteiger partial charge in [0.05, 0.1) is 11.3 Å². The van der Waals surface area contributed by atoms with E-state index in [1.807, 2.05) is 36.4 Å². The van der Waals surface area contributed by atoms with E-state index < -0.39 is 0 Å². The van der Waals surface area contributed by atoms with Crippen LogP contribution in [0.2, 0.25) is 0 Å². The Morgan fingerprint density at radius 2 is 1.43 bits per heavy atom. The zero-order valence-corrected chi connectivity index (χ0v) is 17.5. The molecule has 2 amide bonds. The second-order valence-electron chi connectivity index (χ2n) is 8.40. The van der Waals surface area contributed by atoms with Crippen LogP contribution in [0.15, 0.2) is 48.5 Å². The Morgan fingerprint density at radius 3 is 2.17 bits per heavy atom. The second kappa shape index (κ2) is 9.79. The Morgan fingerprint density at radius 1 is 0.767 bits per heavy atom. The molecule has 1 heterocycles. The average Bonchev–Trinajstić information content (AvgIpc) is 2.81. The number of hydrogen-bond acceptors (Lipinski definition) is 3. The van der Waals surface area contributed by atoms with Crippen molar-refractivity contribution in [1.82, 2.24) is 5.32 Å². The number of hydrogen-bond donors (Lipinski definition) is 2. The molecule has 2 aliphatic rings. The molecule has 2 fully saturated rings. The van der Waals surface area contributed by atoms with Crippen molar-refractivity contribution in [3.05, 3.63) is 59.7 Å². The molecule has 158 valence electrons. The maximum atomic E-state index is 12.8. The van der Waals surface area contributed by atoms with Crippen molar-refractivity contribution in [2.45, 2.75) is 57.4 Å². The minimum absolute atomic E-state index is 0.113. The molecule has 1 saturated carbocycles. The van der Waals surface area contributed by atoms with Gasteiger partial charge in [0.2, 0.25) is 0 Å². The second-order valence-corrected chi connectivity index (χ2v) is 8.40. The number of carbonyl (C=O) groups is 2. The number of nitrogens with zero attached hydrogens (tertiary/aromatic N) is 1. The Kier molecular flexibility index (Phi) is 6.67. The first-order valence-electron chi connectivity index (χ1n) is 11.3. The maximum absolute atomic E-state index is 12.8. The van der Waals surface area contributed by atoms with Gasteiger partial charge in [-0.1, -0.05) is 31.4 Å². The van der Waals surface area contributed by atoms with Gasteiger partial charge in [0.15, 0.2) is 0 Å². The highest BCUT2D eigenvalue weighted by molar-refractivity contribution is 6.09. The van der Waals surface area contributed by atoms with Gasteiger partial charge in [0.1, 0.15) is 0 Å². The van der Waals surface area contributed by atoms with Crippen LogP contribution in [0.25, 0.3) is 0 Å². The van der Waals surface area contributed by atoms with Gasteiger partial charge in [-0.05, 0) is 68.5 Å². The minimum Gasteiger partial charge on any atom is -0.372 e. The molecule has 1 aliphatic carbocycles. The van der Waals surface area contributed by atoms with Crippen molar-refractivity contribution < 1.29 is 9.59 Å². The van der Waals surface area contributed by atoms with Crippen LogP contribution in [0.1, 0.15) is 72.1 Å². The SMILES string of the molecule is O=C(Nc1ccccc1C(=O)NC1CCCCC1)c1ccc(N2CCCCC2)cc1. The summed E-state index contributed by atoms with van der Waals surface area (Å²) in [5, 5.41) is 6.07. The van der Waals surface area contributed by atoms with Crippen LogP contribution in [-0.4, -0.2) is 30.9 Å². The molecule has 0 radical (unpaired) electrons. The predicted octanol–water partition coefficient (Wildman–Crippen LogP) is 4.99. The fourth-order valence-corrected chi connectivity index (χ4v) is 4.47. The number of benzene rings is 2. The topological polar surface area (TPSA) is 61.4 Å². The van der Waals surface area contributed by atoms with Gasteiger partial charge in [0.25, 0.3) is 11.8 Å². The molecule has 0 atom stereocenters. The smallest absolute Gasteiger partial charge is 0.255 e. The third-order valence-electron chi connectivity index (χ3n) is 6.21. The van der Waals surface area contributed by atoms with Gasteiger partial charge in [-0.3, -0.25) is 9.59 Å². The van der Waals surface area contributed by atoms with Crippen LogP contribution in [0, 0.1) is 0 Å². The molecular formula is C25H31N3O2. The van der Waals surface area contributed by atoms with Crippen molar-refractivity contribution >= 4 is 23.2 Å². The molecule has 0 aromatic heterocycles. The fourth-order valence-electron chi connectivity index (χ4n) is 4.47. The highest BCUT2D eigenvalue weighted by Crippen LogP contribution is 2.22. The summed E-state index contributed by atoms with van der Waals surface area (Å²) in [6, 6.07) is 15.2. The molecule has 2 N–H and O–H groups in total. The van der Waals surface area contributed by atoms with Gasteiger partial charge < -0.3 is 15.5 Å². The number of amides is 2. The average molecular weight is 406 g/mol. The number of carbonyl (C=O) groups excluding carboxylic acids is 2. The van der Waals surface area contributed by atoms with Crippen molar-refractivity contribution in [1.29, 1.82) is 0 Å². The third kappa shape index (κ3) is 5.02. The van der Waals surface area contributed by atoms with E-state index in [4.69, 9.17) is 0 Å².